The Morgan fingerprint density at radius 2 is 2.19 bits per heavy atom. The number of hydrogen-bond acceptors (Lipinski definition) is 2. The van der Waals surface area contributed by atoms with Crippen molar-refractivity contribution in [1.82, 2.24) is 4.98 Å². The van der Waals surface area contributed by atoms with Crippen molar-refractivity contribution in [2.75, 3.05) is 12.4 Å². The minimum atomic E-state index is -0.133. The fraction of sp³-hybridized carbons (Fsp3) is 0.0588. The predicted molar refractivity (Wildman–Crippen MR) is 83.9 cm³/mol. The zero-order valence-corrected chi connectivity index (χ0v) is 11.6. The Kier molecular flexibility index (Phi) is 3.22. The van der Waals surface area contributed by atoms with Crippen LogP contribution in [-0.2, 0) is 4.79 Å². The highest BCUT2D eigenvalue weighted by Gasteiger charge is 2.26. The van der Waals surface area contributed by atoms with Gasteiger partial charge in [0.2, 0.25) is 0 Å². The molecule has 2 aromatic rings. The van der Waals surface area contributed by atoms with Crippen molar-refractivity contribution in [3.63, 3.8) is 0 Å². The highest BCUT2D eigenvalue weighted by molar-refractivity contribution is 6.35. The zero-order valence-electron chi connectivity index (χ0n) is 11.6. The molecule has 0 spiro atoms. The minimum absolute atomic E-state index is 0.133. The summed E-state index contributed by atoms with van der Waals surface area (Å²) in [7, 11) is 1.60. The van der Waals surface area contributed by atoms with Crippen LogP contribution < -0.4 is 10.1 Å². The minimum Gasteiger partial charge on any atom is -0.495 e. The number of benzene rings is 1. The van der Waals surface area contributed by atoms with E-state index < -0.39 is 0 Å². The number of ether oxygens (including phenoxy) is 1. The average molecular weight is 278 g/mol. The van der Waals surface area contributed by atoms with Crippen molar-refractivity contribution in [1.29, 1.82) is 0 Å². The first-order chi connectivity index (χ1) is 10.2. The lowest BCUT2D eigenvalue weighted by Gasteiger charge is -2.03. The number of methoxy groups -OCH3 is 1. The van der Waals surface area contributed by atoms with E-state index in [1.807, 2.05) is 24.3 Å². The third kappa shape index (κ3) is 2.18. The van der Waals surface area contributed by atoms with Crippen molar-refractivity contribution < 1.29 is 9.53 Å². The van der Waals surface area contributed by atoms with Crippen LogP contribution in [0.3, 0.4) is 0 Å². The number of fused-ring (bicyclic) bond motifs is 1. The van der Waals surface area contributed by atoms with Crippen LogP contribution in [0.5, 0.6) is 5.75 Å². The predicted octanol–water partition coefficient (Wildman–Crippen LogP) is 3.31. The van der Waals surface area contributed by atoms with Crippen LogP contribution in [0.25, 0.3) is 17.7 Å². The molecule has 104 valence electrons. The Labute approximate surface area is 122 Å². The molecule has 4 nitrogen and oxygen atoms in total. The summed E-state index contributed by atoms with van der Waals surface area (Å²) < 4.78 is 5.26. The number of aromatic amines is 1. The summed E-state index contributed by atoms with van der Waals surface area (Å²) in [4.78, 5) is 15.3. The molecular weight excluding hydrogens is 264 g/mol. The molecule has 1 aromatic heterocycles. The summed E-state index contributed by atoms with van der Waals surface area (Å²) >= 11 is 0. The molecule has 4 heteroatoms. The number of amides is 1. The van der Waals surface area contributed by atoms with E-state index in [0.29, 0.717) is 11.3 Å². The lowest BCUT2D eigenvalue weighted by Crippen LogP contribution is -2.03. The summed E-state index contributed by atoms with van der Waals surface area (Å²) in [6.07, 6.45) is 5.33. The smallest absolute Gasteiger partial charge is 0.256 e. The van der Waals surface area contributed by atoms with E-state index in [9.17, 15) is 4.79 Å². The number of H-pyrrole nitrogens is 1. The summed E-state index contributed by atoms with van der Waals surface area (Å²) in [5, 5.41) is 2.87. The number of carbonyl (C=O) groups is 1. The van der Waals surface area contributed by atoms with Crippen molar-refractivity contribution in [2.45, 2.75) is 0 Å². The molecule has 3 rings (SSSR count). The number of carbonyl (C=O) groups excluding carboxylic acids is 1. The second-order valence-corrected chi connectivity index (χ2v) is 4.59. The van der Waals surface area contributed by atoms with E-state index >= 15 is 0 Å². The van der Waals surface area contributed by atoms with E-state index in [1.54, 1.807) is 25.5 Å². The van der Waals surface area contributed by atoms with Gasteiger partial charge in [-0.2, -0.15) is 0 Å². The van der Waals surface area contributed by atoms with Gasteiger partial charge >= 0.3 is 0 Å². The maximum Gasteiger partial charge on any atom is 0.256 e. The van der Waals surface area contributed by atoms with E-state index in [-0.39, 0.29) is 5.91 Å². The quantitative estimate of drug-likeness (QED) is 0.668. The Balaban J connectivity index is 2.18. The molecule has 0 saturated carbocycles. The van der Waals surface area contributed by atoms with E-state index in [1.165, 1.54) is 0 Å². The maximum atomic E-state index is 12.2. The van der Waals surface area contributed by atoms with Gasteiger partial charge in [0, 0.05) is 17.4 Å². The first kappa shape index (κ1) is 13.0. The van der Waals surface area contributed by atoms with Crippen LogP contribution in [0.15, 0.2) is 42.8 Å². The molecule has 1 aromatic carbocycles. The standard InChI is InChI=1S/C17H14N2O2/c1-3-5-11-6-4-7-13-16(11)12(17(20)19-13)10-14-15(21-2)8-9-18-14/h4-10,18H,1H2,2H3,(H,19,20)/b12-10-. The van der Waals surface area contributed by atoms with E-state index in [0.717, 1.165) is 22.5 Å². The van der Waals surface area contributed by atoms with Gasteiger partial charge in [0.05, 0.1) is 18.4 Å². The van der Waals surface area contributed by atoms with Crippen LogP contribution in [0.4, 0.5) is 5.69 Å². The second-order valence-electron chi connectivity index (χ2n) is 4.59. The van der Waals surface area contributed by atoms with Gasteiger partial charge in [-0.05, 0) is 29.8 Å². The van der Waals surface area contributed by atoms with Crippen LogP contribution in [0.2, 0.25) is 0 Å². The normalized spacial score (nSPS) is 14.5. The fourth-order valence-electron chi connectivity index (χ4n) is 2.45. The van der Waals surface area contributed by atoms with Crippen LogP contribution in [0, 0.1) is 0 Å². The molecule has 0 fully saturated rings. The average Bonchev–Trinajstić information content (AvgIpc) is 3.05. The van der Waals surface area contributed by atoms with Crippen molar-refractivity contribution in [3.8, 4) is 5.75 Å². The Bertz CT molecular complexity index is 793. The van der Waals surface area contributed by atoms with Crippen molar-refractivity contribution in [2.24, 2.45) is 0 Å². The fourth-order valence-corrected chi connectivity index (χ4v) is 2.45. The van der Waals surface area contributed by atoms with E-state index in [2.05, 4.69) is 22.6 Å². The van der Waals surface area contributed by atoms with Crippen molar-refractivity contribution >= 4 is 29.3 Å². The molecule has 0 unspecified atom stereocenters. The summed E-state index contributed by atoms with van der Waals surface area (Å²) in [6.45, 7) is 3.60. The first-order valence-corrected chi connectivity index (χ1v) is 6.48. The van der Waals surface area contributed by atoms with Crippen molar-refractivity contribution in [3.05, 3.63) is 59.6 Å². The Morgan fingerprint density at radius 1 is 1.33 bits per heavy atom. The monoisotopic (exact) mass is 278 g/mol. The molecule has 2 N–H and O–H groups in total. The third-order valence-electron chi connectivity index (χ3n) is 3.36. The Morgan fingerprint density at radius 3 is 2.95 bits per heavy atom. The Hall–Kier alpha value is -2.97. The van der Waals surface area contributed by atoms with Gasteiger partial charge < -0.3 is 15.0 Å². The first-order valence-electron chi connectivity index (χ1n) is 6.48. The number of hydrogen-bond donors (Lipinski definition) is 2. The molecule has 1 aliphatic rings. The maximum absolute atomic E-state index is 12.2. The molecule has 2 heterocycles. The summed E-state index contributed by atoms with van der Waals surface area (Å²) in [5.41, 5.74) is 6.65. The molecule has 0 atom stereocenters. The molecule has 0 aliphatic carbocycles. The van der Waals surface area contributed by atoms with Gasteiger partial charge in [-0.3, -0.25) is 4.79 Å². The summed E-state index contributed by atoms with van der Waals surface area (Å²) in [5.74, 6) is 0.562. The van der Waals surface area contributed by atoms with Crippen LogP contribution >= 0.6 is 0 Å². The topological polar surface area (TPSA) is 54.1 Å². The van der Waals surface area contributed by atoms with E-state index in [4.69, 9.17) is 4.74 Å². The molecule has 0 saturated heterocycles. The summed E-state index contributed by atoms with van der Waals surface area (Å²) in [6, 6.07) is 7.51. The molecule has 0 bridgehead atoms. The van der Waals surface area contributed by atoms with Crippen LogP contribution in [0.1, 0.15) is 16.8 Å². The van der Waals surface area contributed by atoms with Gasteiger partial charge in [0.15, 0.2) is 0 Å². The lowest BCUT2D eigenvalue weighted by molar-refractivity contribution is -0.110. The van der Waals surface area contributed by atoms with Gasteiger partial charge in [0.1, 0.15) is 5.75 Å². The zero-order chi connectivity index (χ0) is 14.8. The van der Waals surface area contributed by atoms with Gasteiger partial charge in [0.25, 0.3) is 5.91 Å². The molecular formula is C17H14N2O2. The molecule has 1 aliphatic heterocycles. The molecule has 21 heavy (non-hydrogen) atoms. The SMILES string of the molecule is C=C=Cc1cccc2c1/C(=C/c1[nH]ccc1OC)C(=O)N2. The van der Waals surface area contributed by atoms with Crippen LogP contribution in [-0.4, -0.2) is 18.0 Å². The number of aromatic nitrogens is 1. The third-order valence-corrected chi connectivity index (χ3v) is 3.36. The largest absolute Gasteiger partial charge is 0.495 e. The molecule has 0 radical (unpaired) electrons. The van der Waals surface area contributed by atoms with Gasteiger partial charge in [-0.15, -0.1) is 5.73 Å². The molecule has 1 amide bonds. The number of anilines is 1. The second kappa shape index (κ2) is 5.19. The number of rotatable bonds is 3. The highest BCUT2D eigenvalue weighted by atomic mass is 16.5. The van der Waals surface area contributed by atoms with Gasteiger partial charge in [-0.1, -0.05) is 18.7 Å². The highest BCUT2D eigenvalue weighted by Crippen LogP contribution is 2.37. The van der Waals surface area contributed by atoms with Gasteiger partial charge in [-0.25, -0.2) is 0 Å². The number of nitrogens with one attached hydrogen (secondary N) is 2. The lowest BCUT2D eigenvalue weighted by atomic mass is 9.99.